The lowest BCUT2D eigenvalue weighted by Gasteiger charge is -2.26. The number of nitrogens with zero attached hydrogens (tertiary/aromatic N) is 14. The number of fused-ring (bicyclic) bond motifs is 2. The molecule has 2 unspecified atom stereocenters. The van der Waals surface area contributed by atoms with Crippen molar-refractivity contribution in [2.45, 2.75) is 106 Å². The molecule has 3 fully saturated rings. The fourth-order valence-corrected chi connectivity index (χ4v) is 9.28. The van der Waals surface area contributed by atoms with Gasteiger partial charge in [-0.25, -0.2) is 34.7 Å². The second kappa shape index (κ2) is 18.1. The number of hydrogen-bond donors (Lipinski definition) is 0. The molecule has 6 aromatic rings. The molecule has 0 aliphatic carbocycles. The maximum Gasteiger partial charge on any atom is 0.410 e. The van der Waals surface area contributed by atoms with Crippen molar-refractivity contribution in [3.05, 3.63) is 47.8 Å². The molecule has 0 radical (unpaired) electrons. The smallest absolute Gasteiger partial charge is 0.410 e. The van der Waals surface area contributed by atoms with Crippen LogP contribution in [0.25, 0.3) is 45.1 Å². The van der Waals surface area contributed by atoms with Gasteiger partial charge in [-0.3, -0.25) is 14.2 Å². The predicted octanol–water partition coefficient (Wildman–Crippen LogP) is 5.73. The van der Waals surface area contributed by atoms with E-state index in [0.29, 0.717) is 44.0 Å². The quantitative estimate of drug-likeness (QED) is 0.173. The number of carbonyl (C=O) groups excluding carboxylic acids is 2. The first-order valence-corrected chi connectivity index (χ1v) is 22.5. The third-order valence-corrected chi connectivity index (χ3v) is 12.8. The van der Waals surface area contributed by atoms with E-state index in [-0.39, 0.29) is 12.0 Å². The van der Waals surface area contributed by atoms with Gasteiger partial charge in [0.2, 0.25) is 5.91 Å². The molecular weight excluding hydrogens is 801 g/mol. The monoisotopic (exact) mass is 863 g/mol. The number of carbonyl (C=O) groups is 2. The minimum absolute atomic E-state index is 0.124. The zero-order chi connectivity index (χ0) is 44.6. The Morgan fingerprint density at radius 2 is 1.19 bits per heavy atom. The minimum atomic E-state index is -0.484. The van der Waals surface area contributed by atoms with Crippen LogP contribution in [-0.4, -0.2) is 125 Å². The number of ether oxygens (including phenoxy) is 2. The van der Waals surface area contributed by atoms with Gasteiger partial charge in [-0.05, 0) is 98.8 Å². The molecule has 0 aromatic carbocycles. The van der Waals surface area contributed by atoms with E-state index in [1.165, 1.54) is 0 Å². The average molecular weight is 863 g/mol. The molecular formula is C45H62N14O4. The molecule has 2 amide bonds. The fourth-order valence-electron chi connectivity index (χ4n) is 9.28. The van der Waals surface area contributed by atoms with Crippen LogP contribution in [0.5, 0.6) is 0 Å². The van der Waals surface area contributed by atoms with E-state index < -0.39 is 5.60 Å². The molecule has 3 aliphatic rings. The van der Waals surface area contributed by atoms with Gasteiger partial charge in [-0.1, -0.05) is 0 Å². The van der Waals surface area contributed by atoms with Crippen molar-refractivity contribution in [1.29, 1.82) is 0 Å². The molecule has 6 aromatic heterocycles. The Bertz CT molecular complexity index is 2590. The fraction of sp³-hybridized carbons (Fsp3) is 0.600. The molecule has 0 bridgehead atoms. The van der Waals surface area contributed by atoms with Gasteiger partial charge in [0.15, 0.2) is 11.3 Å². The molecule has 18 heteroatoms. The lowest BCUT2D eigenvalue weighted by atomic mass is 9.98. The minimum Gasteiger partial charge on any atom is -0.444 e. The van der Waals surface area contributed by atoms with Gasteiger partial charge in [-0.2, -0.15) is 10.2 Å². The number of imidazole rings is 2. The highest BCUT2D eigenvalue weighted by Crippen LogP contribution is 2.31. The SMILES string of the molecule is CCn1ncc(-c2nc3c(CC4CCN(C(=O)C5CCOCC5)C4)ncnc3n2C)c1C.CCn1ncc(-c2nc3c(CC4CCN(C(=O)OC(C)(C)C)C4)ncnc3n2C)c1C. The first-order valence-electron chi connectivity index (χ1n) is 22.5. The highest BCUT2D eigenvalue weighted by atomic mass is 16.6. The van der Waals surface area contributed by atoms with E-state index in [1.54, 1.807) is 17.6 Å². The van der Waals surface area contributed by atoms with E-state index in [4.69, 9.17) is 19.4 Å². The largest absolute Gasteiger partial charge is 0.444 e. The van der Waals surface area contributed by atoms with Crippen LogP contribution < -0.4 is 0 Å². The van der Waals surface area contributed by atoms with Crippen molar-refractivity contribution >= 4 is 34.3 Å². The Morgan fingerprint density at radius 3 is 1.65 bits per heavy atom. The van der Waals surface area contributed by atoms with Crippen molar-refractivity contribution in [2.24, 2.45) is 31.8 Å². The van der Waals surface area contributed by atoms with E-state index >= 15 is 0 Å². The van der Waals surface area contributed by atoms with Gasteiger partial charge in [0.25, 0.3) is 0 Å². The first-order chi connectivity index (χ1) is 30.2. The molecule has 0 saturated carbocycles. The van der Waals surface area contributed by atoms with Gasteiger partial charge < -0.3 is 28.4 Å². The van der Waals surface area contributed by atoms with Crippen LogP contribution in [0.4, 0.5) is 4.79 Å². The predicted molar refractivity (Wildman–Crippen MR) is 237 cm³/mol. The number of likely N-dealkylation sites (tertiary alicyclic amines) is 2. The van der Waals surface area contributed by atoms with Gasteiger partial charge in [0.05, 0.1) is 34.9 Å². The highest BCUT2D eigenvalue weighted by molar-refractivity contribution is 5.81. The van der Waals surface area contributed by atoms with Crippen LogP contribution in [0.15, 0.2) is 25.0 Å². The molecule has 63 heavy (non-hydrogen) atoms. The Balaban J connectivity index is 0.000000173. The van der Waals surface area contributed by atoms with E-state index in [9.17, 15) is 9.59 Å². The summed E-state index contributed by atoms with van der Waals surface area (Å²) in [6.45, 7) is 20.0. The van der Waals surface area contributed by atoms with Crippen LogP contribution in [0.1, 0.15) is 83.1 Å². The Labute approximate surface area is 368 Å². The van der Waals surface area contributed by atoms with E-state index in [2.05, 4.69) is 57.8 Å². The Hall–Kier alpha value is -5.78. The lowest BCUT2D eigenvalue weighted by molar-refractivity contribution is -0.137. The second-order valence-electron chi connectivity index (χ2n) is 18.2. The number of rotatable bonds is 9. The maximum atomic E-state index is 12.9. The molecule has 18 nitrogen and oxygen atoms in total. The van der Waals surface area contributed by atoms with Crippen molar-refractivity contribution in [3.8, 4) is 22.8 Å². The van der Waals surface area contributed by atoms with Crippen LogP contribution in [-0.2, 0) is 54.3 Å². The summed E-state index contributed by atoms with van der Waals surface area (Å²) in [5.74, 6) is 2.84. The zero-order valence-electron chi connectivity index (χ0n) is 38.3. The molecule has 2 atom stereocenters. The van der Waals surface area contributed by atoms with E-state index in [1.807, 2.05) is 70.7 Å². The average Bonchev–Trinajstić information content (AvgIpc) is 4.14. The summed E-state index contributed by atoms with van der Waals surface area (Å²) in [5.41, 5.74) is 8.92. The molecule has 0 spiro atoms. The first kappa shape index (κ1) is 43.9. The highest BCUT2D eigenvalue weighted by Gasteiger charge is 2.34. The van der Waals surface area contributed by atoms with Crippen LogP contribution in [0.2, 0.25) is 0 Å². The van der Waals surface area contributed by atoms with Crippen molar-refractivity contribution in [1.82, 2.24) is 68.4 Å². The summed E-state index contributed by atoms with van der Waals surface area (Å²) in [7, 11) is 3.97. The molecule has 3 saturated heterocycles. The third kappa shape index (κ3) is 9.04. The maximum absolute atomic E-state index is 12.9. The number of hydrogen-bond acceptors (Lipinski definition) is 12. The Morgan fingerprint density at radius 1 is 0.714 bits per heavy atom. The normalized spacial score (nSPS) is 18.4. The van der Waals surface area contributed by atoms with Gasteiger partial charge in [-0.15, -0.1) is 0 Å². The third-order valence-electron chi connectivity index (χ3n) is 12.8. The molecule has 0 N–H and O–H groups in total. The second-order valence-corrected chi connectivity index (χ2v) is 18.2. The molecule has 9 heterocycles. The molecule has 9 rings (SSSR count). The zero-order valence-corrected chi connectivity index (χ0v) is 38.3. The topological polar surface area (TPSA) is 182 Å². The summed E-state index contributed by atoms with van der Waals surface area (Å²) in [6, 6.07) is 0. The van der Waals surface area contributed by atoms with Gasteiger partial charge in [0, 0.05) is 83.9 Å². The number of aromatic nitrogens is 12. The summed E-state index contributed by atoms with van der Waals surface area (Å²) in [4.78, 5) is 57.1. The van der Waals surface area contributed by atoms with Crippen molar-refractivity contribution in [2.75, 3.05) is 39.4 Å². The van der Waals surface area contributed by atoms with Crippen molar-refractivity contribution < 1.29 is 19.1 Å². The summed E-state index contributed by atoms with van der Waals surface area (Å²) in [6.07, 6.45) is 11.9. The molecule has 3 aliphatic heterocycles. The van der Waals surface area contributed by atoms with Crippen LogP contribution >= 0.6 is 0 Å². The van der Waals surface area contributed by atoms with Gasteiger partial charge in [0.1, 0.15) is 40.9 Å². The lowest BCUT2D eigenvalue weighted by Crippen LogP contribution is -2.37. The van der Waals surface area contributed by atoms with Gasteiger partial charge >= 0.3 is 6.09 Å². The number of aryl methyl sites for hydroxylation is 4. The Kier molecular flexibility index (Phi) is 12.6. The van der Waals surface area contributed by atoms with Crippen LogP contribution in [0, 0.1) is 31.6 Å². The summed E-state index contributed by atoms with van der Waals surface area (Å²) in [5, 5.41) is 8.93. The summed E-state index contributed by atoms with van der Waals surface area (Å²) >= 11 is 0. The standard InChI is InChI=1S/C23H31N7O2.C22H31N7O2/c1-4-30-15(2)18(12-26-30)21-27-20-19(24-14-25-22(20)28(21)3)11-16-5-8-29(13-16)23(31)17-6-9-32-10-7-17;1-7-29-14(2)16(11-25-29)19-26-18-17(23-13-24-20(18)27(19)6)10-15-8-9-28(12-15)21(30)31-22(3,4)5/h12,14,16-17H,4-11,13H2,1-3H3;11,13,15H,7-10,12H2,1-6H3. The summed E-state index contributed by atoms with van der Waals surface area (Å²) < 4.78 is 18.9. The van der Waals surface area contributed by atoms with Crippen LogP contribution in [0.3, 0.4) is 0 Å². The van der Waals surface area contributed by atoms with Crippen molar-refractivity contribution in [3.63, 3.8) is 0 Å². The molecule has 336 valence electrons. The number of amides is 2. The van der Waals surface area contributed by atoms with E-state index in [0.717, 1.165) is 133 Å².